The van der Waals surface area contributed by atoms with Gasteiger partial charge < -0.3 is 9.47 Å². The van der Waals surface area contributed by atoms with Gasteiger partial charge in [0.25, 0.3) is 0 Å². The van der Waals surface area contributed by atoms with Crippen LogP contribution in [-0.2, 0) is 0 Å². The molecule has 2 aromatic carbocycles. The summed E-state index contributed by atoms with van der Waals surface area (Å²) in [6.45, 7) is 0.414. The molecule has 0 bridgehead atoms. The number of halogens is 2. The molecule has 0 N–H and O–H groups in total. The molecule has 2 aromatic rings. The average Bonchev–Trinajstić information content (AvgIpc) is 2.46. The third-order valence-corrected chi connectivity index (χ3v) is 2.79. The molecular formula is C15H11ClFNO2. The van der Waals surface area contributed by atoms with Crippen LogP contribution in [0.5, 0.6) is 11.5 Å². The zero-order chi connectivity index (χ0) is 14.4. The van der Waals surface area contributed by atoms with Crippen LogP contribution >= 0.6 is 11.6 Å². The fraction of sp³-hybridized carbons (Fsp3) is 0.133. The molecule has 0 aliphatic heterocycles. The minimum atomic E-state index is -0.413. The lowest BCUT2D eigenvalue weighted by Gasteiger charge is -2.10. The molecule has 0 fully saturated rings. The van der Waals surface area contributed by atoms with Crippen molar-refractivity contribution in [2.24, 2.45) is 0 Å². The topological polar surface area (TPSA) is 42.2 Å². The molecule has 0 amide bonds. The summed E-state index contributed by atoms with van der Waals surface area (Å²) < 4.78 is 23.9. The lowest BCUT2D eigenvalue weighted by Crippen LogP contribution is -2.09. The number of hydrogen-bond donors (Lipinski definition) is 0. The third kappa shape index (κ3) is 3.62. The fourth-order valence-electron chi connectivity index (χ4n) is 1.55. The number of nitriles is 1. The van der Waals surface area contributed by atoms with Crippen LogP contribution in [0.15, 0.2) is 42.5 Å². The van der Waals surface area contributed by atoms with Crippen molar-refractivity contribution in [2.75, 3.05) is 13.2 Å². The molecule has 0 heterocycles. The Morgan fingerprint density at radius 1 is 1.05 bits per heavy atom. The second-order valence-corrected chi connectivity index (χ2v) is 4.29. The van der Waals surface area contributed by atoms with E-state index < -0.39 is 5.82 Å². The van der Waals surface area contributed by atoms with E-state index in [4.69, 9.17) is 26.3 Å². The summed E-state index contributed by atoms with van der Waals surface area (Å²) in [5.74, 6) is 0.230. The second kappa shape index (κ2) is 6.78. The Kier molecular flexibility index (Phi) is 4.80. The number of nitrogens with zero attached hydrogens (tertiary/aromatic N) is 1. The van der Waals surface area contributed by atoms with Crippen LogP contribution in [0.2, 0.25) is 5.02 Å². The van der Waals surface area contributed by atoms with Gasteiger partial charge >= 0.3 is 0 Å². The number of hydrogen-bond acceptors (Lipinski definition) is 3. The Labute approximate surface area is 121 Å². The summed E-state index contributed by atoms with van der Waals surface area (Å²) in [7, 11) is 0. The zero-order valence-corrected chi connectivity index (χ0v) is 11.2. The maximum atomic E-state index is 13.3. The summed E-state index contributed by atoms with van der Waals surface area (Å²) in [6, 6.07) is 12.9. The standard InChI is InChI=1S/C15H11ClFNO2/c16-12-9-11(10-18)5-6-14(12)19-7-8-20-15-4-2-1-3-13(15)17/h1-6,9H,7-8H2. The molecule has 0 aromatic heterocycles. The maximum Gasteiger partial charge on any atom is 0.165 e. The van der Waals surface area contributed by atoms with Crippen molar-refractivity contribution in [3.63, 3.8) is 0 Å². The van der Waals surface area contributed by atoms with E-state index in [2.05, 4.69) is 0 Å². The van der Waals surface area contributed by atoms with Gasteiger partial charge in [-0.05, 0) is 30.3 Å². The monoisotopic (exact) mass is 291 g/mol. The van der Waals surface area contributed by atoms with Gasteiger partial charge in [-0.3, -0.25) is 0 Å². The quantitative estimate of drug-likeness (QED) is 0.787. The van der Waals surface area contributed by atoms with Crippen molar-refractivity contribution in [2.45, 2.75) is 0 Å². The van der Waals surface area contributed by atoms with Gasteiger partial charge in [-0.15, -0.1) is 0 Å². The lowest BCUT2D eigenvalue weighted by atomic mass is 10.2. The first kappa shape index (κ1) is 14.2. The van der Waals surface area contributed by atoms with Gasteiger partial charge in [0, 0.05) is 0 Å². The van der Waals surface area contributed by atoms with E-state index in [1.54, 1.807) is 30.3 Å². The Morgan fingerprint density at radius 3 is 2.40 bits per heavy atom. The molecule has 102 valence electrons. The zero-order valence-electron chi connectivity index (χ0n) is 10.5. The van der Waals surface area contributed by atoms with Crippen molar-refractivity contribution in [1.29, 1.82) is 5.26 Å². The van der Waals surface area contributed by atoms with Crippen molar-refractivity contribution >= 4 is 11.6 Å². The van der Waals surface area contributed by atoms with Crippen LogP contribution in [0.3, 0.4) is 0 Å². The van der Waals surface area contributed by atoms with E-state index in [9.17, 15) is 4.39 Å². The summed E-state index contributed by atoms with van der Waals surface area (Å²) in [4.78, 5) is 0. The molecule has 0 radical (unpaired) electrons. The normalized spacial score (nSPS) is 9.85. The fourth-order valence-corrected chi connectivity index (χ4v) is 1.79. The molecule has 0 saturated heterocycles. The summed E-state index contributed by atoms with van der Waals surface area (Å²) in [6.07, 6.45) is 0. The Bertz CT molecular complexity index is 640. The molecule has 0 aliphatic rings. The van der Waals surface area contributed by atoms with Gasteiger partial charge in [0.15, 0.2) is 11.6 Å². The van der Waals surface area contributed by atoms with Crippen LogP contribution in [0.4, 0.5) is 4.39 Å². The first-order valence-electron chi connectivity index (χ1n) is 5.90. The first-order valence-corrected chi connectivity index (χ1v) is 6.28. The smallest absolute Gasteiger partial charge is 0.165 e. The van der Waals surface area contributed by atoms with Crippen molar-refractivity contribution in [1.82, 2.24) is 0 Å². The Balaban J connectivity index is 1.85. The third-order valence-electron chi connectivity index (χ3n) is 2.50. The van der Waals surface area contributed by atoms with Gasteiger partial charge in [-0.1, -0.05) is 23.7 Å². The van der Waals surface area contributed by atoms with E-state index in [1.807, 2.05) is 6.07 Å². The maximum absolute atomic E-state index is 13.3. The SMILES string of the molecule is N#Cc1ccc(OCCOc2ccccc2F)c(Cl)c1. The van der Waals surface area contributed by atoms with Crippen LogP contribution in [-0.4, -0.2) is 13.2 Å². The molecule has 0 spiro atoms. The predicted octanol–water partition coefficient (Wildman–Crippen LogP) is 3.81. The number of rotatable bonds is 5. The van der Waals surface area contributed by atoms with Crippen LogP contribution in [0.25, 0.3) is 0 Å². The second-order valence-electron chi connectivity index (χ2n) is 3.88. The number of para-hydroxylation sites is 1. The molecule has 3 nitrogen and oxygen atoms in total. The summed E-state index contributed by atoms with van der Waals surface area (Å²) in [5, 5.41) is 9.07. The number of benzene rings is 2. The first-order chi connectivity index (χ1) is 9.70. The summed E-state index contributed by atoms with van der Waals surface area (Å²) >= 11 is 5.95. The van der Waals surface area contributed by atoms with Crippen molar-refractivity contribution in [3.05, 3.63) is 58.9 Å². The lowest BCUT2D eigenvalue weighted by molar-refractivity contribution is 0.211. The Hall–Kier alpha value is -2.25. The number of ether oxygens (including phenoxy) is 2. The molecule has 0 aliphatic carbocycles. The summed E-state index contributed by atoms with van der Waals surface area (Å²) in [5.41, 5.74) is 0.463. The molecule has 0 atom stereocenters. The van der Waals surface area contributed by atoms with E-state index in [0.717, 1.165) is 0 Å². The van der Waals surface area contributed by atoms with E-state index in [0.29, 0.717) is 16.3 Å². The van der Waals surface area contributed by atoms with Gasteiger partial charge in [0.2, 0.25) is 0 Å². The average molecular weight is 292 g/mol. The van der Waals surface area contributed by atoms with Gasteiger partial charge in [0.05, 0.1) is 16.7 Å². The van der Waals surface area contributed by atoms with Crippen molar-refractivity contribution in [3.8, 4) is 17.6 Å². The van der Waals surface area contributed by atoms with Gasteiger partial charge in [-0.2, -0.15) is 5.26 Å². The molecule has 0 saturated carbocycles. The largest absolute Gasteiger partial charge is 0.488 e. The van der Waals surface area contributed by atoms with Crippen LogP contribution in [0, 0.1) is 17.1 Å². The van der Waals surface area contributed by atoms with Gasteiger partial charge in [0.1, 0.15) is 19.0 Å². The highest BCUT2D eigenvalue weighted by Crippen LogP contribution is 2.25. The highest BCUT2D eigenvalue weighted by atomic mass is 35.5. The van der Waals surface area contributed by atoms with Crippen LogP contribution in [0.1, 0.15) is 5.56 Å². The predicted molar refractivity (Wildman–Crippen MR) is 73.6 cm³/mol. The minimum Gasteiger partial charge on any atom is -0.488 e. The van der Waals surface area contributed by atoms with Crippen molar-refractivity contribution < 1.29 is 13.9 Å². The molecular weight excluding hydrogens is 281 g/mol. The van der Waals surface area contributed by atoms with Crippen LogP contribution < -0.4 is 9.47 Å². The van der Waals surface area contributed by atoms with E-state index in [-0.39, 0.29) is 19.0 Å². The molecule has 2 rings (SSSR count). The molecule has 0 unspecified atom stereocenters. The van der Waals surface area contributed by atoms with Gasteiger partial charge in [-0.25, -0.2) is 4.39 Å². The van der Waals surface area contributed by atoms with E-state index in [1.165, 1.54) is 12.1 Å². The molecule has 5 heteroatoms. The molecule has 20 heavy (non-hydrogen) atoms. The highest BCUT2D eigenvalue weighted by Gasteiger charge is 2.04. The van der Waals surface area contributed by atoms with E-state index >= 15 is 0 Å². The highest BCUT2D eigenvalue weighted by molar-refractivity contribution is 6.32. The minimum absolute atomic E-state index is 0.182. The Morgan fingerprint density at radius 2 is 1.75 bits per heavy atom.